The standard InChI is InChI=1S/C13H11ClN4O/c1-19-11-7-6-10(8-2-4-9(14)5-3-8)18-12(11)16-13(15)17-18/h2-7H,1H3,(H2,15,17). The molecule has 0 bridgehead atoms. The van der Waals surface area contributed by atoms with Gasteiger partial charge in [0.05, 0.1) is 12.8 Å². The normalized spacial score (nSPS) is 10.8. The lowest BCUT2D eigenvalue weighted by Crippen LogP contribution is -1.97. The second-order valence-corrected chi connectivity index (χ2v) is 4.44. The van der Waals surface area contributed by atoms with Gasteiger partial charge < -0.3 is 10.5 Å². The topological polar surface area (TPSA) is 65.4 Å². The van der Waals surface area contributed by atoms with E-state index in [0.717, 1.165) is 11.3 Å². The molecular weight excluding hydrogens is 264 g/mol. The summed E-state index contributed by atoms with van der Waals surface area (Å²) in [5, 5.41) is 4.88. The molecule has 19 heavy (non-hydrogen) atoms. The predicted molar refractivity (Wildman–Crippen MR) is 74.4 cm³/mol. The van der Waals surface area contributed by atoms with E-state index in [4.69, 9.17) is 22.1 Å². The molecule has 0 aliphatic rings. The SMILES string of the molecule is COc1ccc(-c2ccc(Cl)cc2)n2nc(N)nc12. The molecule has 0 saturated heterocycles. The van der Waals surface area contributed by atoms with E-state index in [1.165, 1.54) is 0 Å². The first-order chi connectivity index (χ1) is 9.19. The third kappa shape index (κ3) is 1.98. The molecule has 0 amide bonds. The Bertz CT molecular complexity index is 736. The van der Waals surface area contributed by atoms with Crippen LogP contribution in [0.2, 0.25) is 5.02 Å². The van der Waals surface area contributed by atoms with E-state index in [2.05, 4.69) is 10.1 Å². The van der Waals surface area contributed by atoms with E-state index >= 15 is 0 Å². The lowest BCUT2D eigenvalue weighted by Gasteiger charge is -2.07. The number of hydrogen-bond acceptors (Lipinski definition) is 4. The van der Waals surface area contributed by atoms with Crippen LogP contribution in [0.1, 0.15) is 0 Å². The summed E-state index contributed by atoms with van der Waals surface area (Å²) in [7, 11) is 1.59. The maximum Gasteiger partial charge on any atom is 0.240 e. The van der Waals surface area contributed by atoms with E-state index < -0.39 is 0 Å². The number of fused-ring (bicyclic) bond motifs is 1. The van der Waals surface area contributed by atoms with Crippen LogP contribution in [-0.2, 0) is 0 Å². The molecule has 1 aromatic carbocycles. The van der Waals surface area contributed by atoms with Crippen LogP contribution in [0.15, 0.2) is 36.4 Å². The van der Waals surface area contributed by atoms with Gasteiger partial charge in [0.15, 0.2) is 11.4 Å². The van der Waals surface area contributed by atoms with Gasteiger partial charge in [-0.15, -0.1) is 5.10 Å². The first-order valence-corrected chi connectivity index (χ1v) is 6.02. The number of anilines is 1. The van der Waals surface area contributed by atoms with Gasteiger partial charge in [-0.1, -0.05) is 23.7 Å². The number of pyridine rings is 1. The molecule has 2 aromatic heterocycles. The number of hydrogen-bond donors (Lipinski definition) is 1. The van der Waals surface area contributed by atoms with Crippen LogP contribution in [-0.4, -0.2) is 21.7 Å². The lowest BCUT2D eigenvalue weighted by atomic mass is 10.1. The van der Waals surface area contributed by atoms with E-state index in [1.807, 2.05) is 36.4 Å². The summed E-state index contributed by atoms with van der Waals surface area (Å²) in [6, 6.07) is 11.2. The lowest BCUT2D eigenvalue weighted by molar-refractivity contribution is 0.416. The van der Waals surface area contributed by atoms with Gasteiger partial charge in [0, 0.05) is 10.6 Å². The molecule has 0 spiro atoms. The second kappa shape index (κ2) is 4.44. The second-order valence-electron chi connectivity index (χ2n) is 4.00. The van der Waals surface area contributed by atoms with Crippen LogP contribution in [0.25, 0.3) is 16.9 Å². The molecule has 5 nitrogen and oxygen atoms in total. The molecule has 3 rings (SSSR count). The fourth-order valence-corrected chi connectivity index (χ4v) is 2.08. The monoisotopic (exact) mass is 274 g/mol. The van der Waals surface area contributed by atoms with Crippen molar-refractivity contribution in [1.82, 2.24) is 14.6 Å². The molecule has 2 heterocycles. The van der Waals surface area contributed by atoms with E-state index in [1.54, 1.807) is 11.6 Å². The molecule has 0 aliphatic heterocycles. The molecular formula is C13H11ClN4O. The van der Waals surface area contributed by atoms with Gasteiger partial charge in [0.2, 0.25) is 5.95 Å². The fourth-order valence-electron chi connectivity index (χ4n) is 1.95. The van der Waals surface area contributed by atoms with Crippen molar-refractivity contribution in [3.05, 3.63) is 41.4 Å². The minimum atomic E-state index is 0.208. The summed E-state index contributed by atoms with van der Waals surface area (Å²) >= 11 is 5.89. The number of nitrogen functional groups attached to an aromatic ring is 1. The van der Waals surface area contributed by atoms with Crippen molar-refractivity contribution in [2.75, 3.05) is 12.8 Å². The molecule has 0 fully saturated rings. The van der Waals surface area contributed by atoms with Crippen molar-refractivity contribution in [3.63, 3.8) is 0 Å². The summed E-state index contributed by atoms with van der Waals surface area (Å²) in [4.78, 5) is 4.17. The molecule has 2 N–H and O–H groups in total. The smallest absolute Gasteiger partial charge is 0.240 e. The Morgan fingerprint density at radius 1 is 1.16 bits per heavy atom. The van der Waals surface area contributed by atoms with Gasteiger partial charge >= 0.3 is 0 Å². The zero-order valence-electron chi connectivity index (χ0n) is 10.2. The zero-order chi connectivity index (χ0) is 13.4. The average molecular weight is 275 g/mol. The maximum absolute atomic E-state index is 5.89. The summed E-state index contributed by atoms with van der Waals surface area (Å²) in [5.74, 6) is 0.835. The number of benzene rings is 1. The highest BCUT2D eigenvalue weighted by atomic mass is 35.5. The number of halogens is 1. The van der Waals surface area contributed by atoms with Crippen LogP contribution in [0.4, 0.5) is 5.95 Å². The predicted octanol–water partition coefficient (Wildman–Crippen LogP) is 2.64. The number of rotatable bonds is 2. The Kier molecular flexibility index (Phi) is 2.76. The van der Waals surface area contributed by atoms with Crippen LogP contribution in [0.5, 0.6) is 5.75 Å². The van der Waals surface area contributed by atoms with E-state index in [9.17, 15) is 0 Å². The number of nitrogens with two attached hydrogens (primary N) is 1. The van der Waals surface area contributed by atoms with Gasteiger partial charge in [-0.3, -0.25) is 0 Å². The number of aromatic nitrogens is 3. The molecule has 0 saturated carbocycles. The highest BCUT2D eigenvalue weighted by Gasteiger charge is 2.12. The minimum Gasteiger partial charge on any atom is -0.493 e. The molecule has 6 heteroatoms. The minimum absolute atomic E-state index is 0.208. The fraction of sp³-hybridized carbons (Fsp3) is 0.0769. The number of nitrogens with zero attached hydrogens (tertiary/aromatic N) is 3. The van der Waals surface area contributed by atoms with Crippen LogP contribution in [0, 0.1) is 0 Å². The third-order valence-corrected chi connectivity index (χ3v) is 3.08. The highest BCUT2D eigenvalue weighted by molar-refractivity contribution is 6.30. The summed E-state index contributed by atoms with van der Waals surface area (Å²) in [6.45, 7) is 0. The number of methoxy groups -OCH3 is 1. The molecule has 0 aliphatic carbocycles. The Labute approximate surface area is 114 Å². The van der Waals surface area contributed by atoms with Gasteiger partial charge in [-0.05, 0) is 24.3 Å². The van der Waals surface area contributed by atoms with Crippen molar-refractivity contribution >= 4 is 23.2 Å². The highest BCUT2D eigenvalue weighted by Crippen LogP contribution is 2.27. The van der Waals surface area contributed by atoms with Crippen LogP contribution >= 0.6 is 11.6 Å². The summed E-state index contributed by atoms with van der Waals surface area (Å²) in [5.41, 5.74) is 8.10. The summed E-state index contributed by atoms with van der Waals surface area (Å²) in [6.07, 6.45) is 0. The van der Waals surface area contributed by atoms with Gasteiger partial charge in [0.25, 0.3) is 0 Å². The average Bonchev–Trinajstić information content (AvgIpc) is 2.80. The molecule has 96 valence electrons. The Hall–Kier alpha value is -2.27. The number of ether oxygens (including phenoxy) is 1. The third-order valence-electron chi connectivity index (χ3n) is 2.82. The maximum atomic E-state index is 5.89. The van der Waals surface area contributed by atoms with Gasteiger partial charge in [-0.25, -0.2) is 4.52 Å². The first-order valence-electron chi connectivity index (χ1n) is 5.64. The van der Waals surface area contributed by atoms with Crippen LogP contribution in [0.3, 0.4) is 0 Å². The van der Waals surface area contributed by atoms with Gasteiger partial charge in [0.1, 0.15) is 0 Å². The van der Waals surface area contributed by atoms with E-state index in [0.29, 0.717) is 16.4 Å². The van der Waals surface area contributed by atoms with Crippen LogP contribution < -0.4 is 10.5 Å². The van der Waals surface area contributed by atoms with Crippen molar-refractivity contribution in [2.24, 2.45) is 0 Å². The Morgan fingerprint density at radius 2 is 1.89 bits per heavy atom. The first kappa shape index (κ1) is 11.8. The largest absolute Gasteiger partial charge is 0.493 e. The van der Waals surface area contributed by atoms with Crippen molar-refractivity contribution in [3.8, 4) is 17.0 Å². The van der Waals surface area contributed by atoms with Crippen molar-refractivity contribution in [2.45, 2.75) is 0 Å². The molecule has 0 unspecified atom stereocenters. The summed E-state index contributed by atoms with van der Waals surface area (Å²) < 4.78 is 6.91. The van der Waals surface area contributed by atoms with Crippen molar-refractivity contribution < 1.29 is 4.74 Å². The zero-order valence-corrected chi connectivity index (χ0v) is 10.9. The van der Waals surface area contributed by atoms with Gasteiger partial charge in [-0.2, -0.15) is 4.98 Å². The Balaban J connectivity index is 2.27. The molecule has 0 atom stereocenters. The van der Waals surface area contributed by atoms with E-state index in [-0.39, 0.29) is 5.95 Å². The van der Waals surface area contributed by atoms with Crippen molar-refractivity contribution in [1.29, 1.82) is 0 Å². The molecule has 3 aromatic rings. The quantitative estimate of drug-likeness (QED) is 0.780. The Morgan fingerprint density at radius 3 is 2.58 bits per heavy atom. The molecule has 0 radical (unpaired) electrons.